The smallest absolute Gasteiger partial charge is 0.872 e. The molecule has 0 aliphatic carbocycles. The van der Waals surface area contributed by atoms with Gasteiger partial charge in [0.25, 0.3) is 0 Å². The Morgan fingerprint density at radius 1 is 0.410 bits per heavy atom. The normalized spacial score (nSPS) is 10.9. The van der Waals surface area contributed by atoms with Gasteiger partial charge in [-0.3, -0.25) is 9.98 Å². The van der Waals surface area contributed by atoms with Crippen LogP contribution in [0.2, 0.25) is 0 Å². The summed E-state index contributed by atoms with van der Waals surface area (Å²) >= 11 is 0. The molecule has 0 spiro atoms. The van der Waals surface area contributed by atoms with Crippen molar-refractivity contribution in [2.24, 2.45) is 9.98 Å². The Kier molecular flexibility index (Phi) is 9.25. The summed E-state index contributed by atoms with van der Waals surface area (Å²) in [5, 5.41) is 27.7. The van der Waals surface area contributed by atoms with Crippen LogP contribution in [0, 0.1) is 0 Å². The predicted octanol–water partition coefficient (Wildman–Crippen LogP) is 7.33. The molecular formula is C34H24CuN2O2. The Morgan fingerprint density at radius 2 is 0.769 bits per heavy atom. The molecule has 4 nitrogen and oxygen atoms in total. The predicted molar refractivity (Wildman–Crippen MR) is 154 cm³/mol. The van der Waals surface area contributed by atoms with E-state index in [2.05, 4.69) is 34.3 Å². The molecule has 39 heavy (non-hydrogen) atoms. The van der Waals surface area contributed by atoms with E-state index >= 15 is 0 Å². The molecule has 6 aromatic carbocycles. The SMILES string of the molecule is [Cu+2].[O-]c1ccccc1C=Nc1cccc2ccccc12.[O-]c1ccccc1C=Nc1cccc2ccccc12. The Morgan fingerprint density at radius 3 is 1.21 bits per heavy atom. The first-order valence-corrected chi connectivity index (χ1v) is 12.2. The molecule has 0 aliphatic heterocycles. The van der Waals surface area contributed by atoms with Gasteiger partial charge in [-0.05, 0) is 34.0 Å². The van der Waals surface area contributed by atoms with Gasteiger partial charge in [-0.15, -0.1) is 11.5 Å². The van der Waals surface area contributed by atoms with Crippen LogP contribution in [0.1, 0.15) is 11.1 Å². The molecule has 0 bridgehead atoms. The van der Waals surface area contributed by atoms with E-state index in [1.165, 1.54) is 0 Å². The van der Waals surface area contributed by atoms with Crippen LogP contribution in [0.5, 0.6) is 11.5 Å². The number of para-hydroxylation sites is 2. The zero-order valence-electron chi connectivity index (χ0n) is 20.9. The second-order valence-electron chi connectivity index (χ2n) is 8.59. The van der Waals surface area contributed by atoms with Crippen molar-refractivity contribution >= 4 is 45.3 Å². The van der Waals surface area contributed by atoms with Crippen LogP contribution >= 0.6 is 0 Å². The summed E-state index contributed by atoms with van der Waals surface area (Å²) in [6.07, 6.45) is 3.26. The number of aliphatic imine (C=N–C) groups is 2. The molecule has 0 heterocycles. The van der Waals surface area contributed by atoms with E-state index in [4.69, 9.17) is 0 Å². The maximum absolute atomic E-state index is 11.6. The molecule has 6 aromatic rings. The molecule has 0 aromatic heterocycles. The number of nitrogens with zero attached hydrogens (tertiary/aromatic N) is 2. The third kappa shape index (κ3) is 6.79. The minimum atomic E-state index is -0.00788. The van der Waals surface area contributed by atoms with Gasteiger partial charge in [-0.2, -0.15) is 0 Å². The van der Waals surface area contributed by atoms with E-state index in [1.807, 2.05) is 72.8 Å². The molecule has 0 N–H and O–H groups in total. The molecule has 0 atom stereocenters. The van der Waals surface area contributed by atoms with Crippen molar-refractivity contribution in [2.45, 2.75) is 0 Å². The van der Waals surface area contributed by atoms with Crippen LogP contribution in [-0.4, -0.2) is 12.4 Å². The molecule has 6 rings (SSSR count). The van der Waals surface area contributed by atoms with Gasteiger partial charge >= 0.3 is 17.1 Å². The molecule has 0 fully saturated rings. The standard InChI is InChI=1S/2C17H13NO.Cu/c2*19-17-11-4-2-7-14(17)12-18-16-10-5-8-13-6-1-3-9-15(13)16;/h2*1-12,19H;/q;;+2/p-2. The van der Waals surface area contributed by atoms with Crippen LogP contribution in [0.15, 0.2) is 143 Å². The minimum absolute atomic E-state index is 0. The molecule has 0 saturated heterocycles. The largest absolute Gasteiger partial charge is 2.00 e. The van der Waals surface area contributed by atoms with Crippen molar-refractivity contribution in [3.05, 3.63) is 145 Å². The molecule has 0 saturated carbocycles. The van der Waals surface area contributed by atoms with E-state index in [0.717, 1.165) is 32.9 Å². The Labute approximate surface area is 238 Å². The van der Waals surface area contributed by atoms with Gasteiger partial charge in [0.15, 0.2) is 0 Å². The van der Waals surface area contributed by atoms with Crippen molar-refractivity contribution in [1.82, 2.24) is 0 Å². The summed E-state index contributed by atoms with van der Waals surface area (Å²) in [4.78, 5) is 8.88. The van der Waals surface area contributed by atoms with Crippen molar-refractivity contribution in [2.75, 3.05) is 0 Å². The molecular weight excluding hydrogens is 532 g/mol. The molecule has 0 amide bonds. The van der Waals surface area contributed by atoms with Gasteiger partial charge in [0.05, 0.1) is 11.4 Å². The quantitative estimate of drug-likeness (QED) is 0.169. The van der Waals surface area contributed by atoms with Crippen LogP contribution in [0.4, 0.5) is 11.4 Å². The van der Waals surface area contributed by atoms with Crippen LogP contribution in [-0.2, 0) is 17.1 Å². The summed E-state index contributed by atoms with van der Waals surface area (Å²) in [5.41, 5.74) is 2.97. The Hall–Kier alpha value is -4.70. The first-order chi connectivity index (χ1) is 18.7. The van der Waals surface area contributed by atoms with Gasteiger partial charge in [0, 0.05) is 23.2 Å². The number of rotatable bonds is 4. The fourth-order valence-corrected chi connectivity index (χ4v) is 4.09. The first-order valence-electron chi connectivity index (χ1n) is 12.2. The molecule has 1 radical (unpaired) electrons. The first kappa shape index (κ1) is 27.3. The van der Waals surface area contributed by atoms with Crippen LogP contribution in [0.3, 0.4) is 0 Å². The number of fused-ring (bicyclic) bond motifs is 2. The average molecular weight is 556 g/mol. The Balaban J connectivity index is 0.000000176. The maximum Gasteiger partial charge on any atom is 2.00 e. The van der Waals surface area contributed by atoms with Crippen LogP contribution in [0.25, 0.3) is 21.5 Å². The molecule has 193 valence electrons. The summed E-state index contributed by atoms with van der Waals surface area (Å²) < 4.78 is 0. The zero-order chi connectivity index (χ0) is 26.2. The van der Waals surface area contributed by atoms with Crippen LogP contribution < -0.4 is 10.2 Å². The third-order valence-electron chi connectivity index (χ3n) is 6.06. The fraction of sp³-hybridized carbons (Fsp3) is 0. The number of hydrogen-bond acceptors (Lipinski definition) is 4. The molecule has 5 heteroatoms. The maximum atomic E-state index is 11.6. The second-order valence-corrected chi connectivity index (χ2v) is 8.59. The summed E-state index contributed by atoms with van der Waals surface area (Å²) in [5.74, 6) is -0.0158. The van der Waals surface area contributed by atoms with E-state index < -0.39 is 0 Å². The number of benzene rings is 6. The zero-order valence-corrected chi connectivity index (χ0v) is 21.8. The van der Waals surface area contributed by atoms with Crippen molar-refractivity contribution in [1.29, 1.82) is 0 Å². The Bertz CT molecular complexity index is 1620. The van der Waals surface area contributed by atoms with E-state index in [1.54, 1.807) is 48.8 Å². The van der Waals surface area contributed by atoms with Crippen molar-refractivity contribution in [3.8, 4) is 11.5 Å². The monoisotopic (exact) mass is 555 g/mol. The van der Waals surface area contributed by atoms with Crippen molar-refractivity contribution < 1.29 is 27.3 Å². The van der Waals surface area contributed by atoms with E-state index in [9.17, 15) is 10.2 Å². The summed E-state index contributed by atoms with van der Waals surface area (Å²) in [7, 11) is 0. The average Bonchev–Trinajstić information content (AvgIpc) is 2.97. The summed E-state index contributed by atoms with van der Waals surface area (Å²) in [6, 6.07) is 41.9. The number of hydrogen-bond donors (Lipinski definition) is 0. The molecule has 0 unspecified atom stereocenters. The minimum Gasteiger partial charge on any atom is -0.872 e. The van der Waals surface area contributed by atoms with Gasteiger partial charge in [0.1, 0.15) is 0 Å². The van der Waals surface area contributed by atoms with Crippen molar-refractivity contribution in [3.63, 3.8) is 0 Å². The second kappa shape index (κ2) is 13.2. The fourth-order valence-electron chi connectivity index (χ4n) is 4.09. The van der Waals surface area contributed by atoms with E-state index in [0.29, 0.717) is 11.1 Å². The topological polar surface area (TPSA) is 70.8 Å². The third-order valence-corrected chi connectivity index (χ3v) is 6.06. The van der Waals surface area contributed by atoms with Gasteiger partial charge < -0.3 is 10.2 Å². The van der Waals surface area contributed by atoms with Gasteiger partial charge in [-0.1, -0.05) is 121 Å². The van der Waals surface area contributed by atoms with Gasteiger partial charge in [0.2, 0.25) is 0 Å². The van der Waals surface area contributed by atoms with E-state index in [-0.39, 0.29) is 28.6 Å². The molecule has 0 aliphatic rings. The van der Waals surface area contributed by atoms with Gasteiger partial charge in [-0.25, -0.2) is 0 Å². The summed E-state index contributed by atoms with van der Waals surface area (Å²) in [6.45, 7) is 0.